The standard InChI is InChI=1S/C2H3N.Cl2O/c1-2-3;1-3-2/h1H3;. The van der Waals surface area contributed by atoms with Gasteiger partial charge in [0, 0.05) is 6.92 Å². The van der Waals surface area contributed by atoms with Gasteiger partial charge in [0.1, 0.15) is 0 Å². The number of hydrogen-bond acceptors (Lipinski definition) is 2. The van der Waals surface area contributed by atoms with Crippen molar-refractivity contribution in [3.63, 3.8) is 0 Å². The normalized spacial score (nSPS) is 4.33. The smallest absolute Gasteiger partial charge is 0.0832 e. The molecule has 0 saturated carbocycles. The number of hydrogen-bond donors (Lipinski definition) is 0. The summed E-state index contributed by atoms with van der Waals surface area (Å²) in [5, 5.41) is 7.32. The van der Waals surface area contributed by atoms with Crippen molar-refractivity contribution in [3.8, 4) is 6.07 Å². The molecule has 0 fully saturated rings. The van der Waals surface area contributed by atoms with Crippen molar-refractivity contribution in [1.29, 1.82) is 5.26 Å². The van der Waals surface area contributed by atoms with E-state index in [1.165, 1.54) is 6.92 Å². The Morgan fingerprint density at radius 3 is 1.67 bits per heavy atom. The second-order valence-electron chi connectivity index (χ2n) is 0.282. The zero-order valence-corrected chi connectivity index (χ0v) is 4.62. The summed E-state index contributed by atoms with van der Waals surface area (Å²) in [5.74, 6) is 0. The molecule has 0 aromatic heterocycles. The largest absolute Gasteiger partial charge is 0.199 e. The minimum absolute atomic E-state index is 1.43. The number of nitrogens with zero attached hydrogens (tertiary/aromatic N) is 1. The van der Waals surface area contributed by atoms with Gasteiger partial charge in [-0.3, -0.25) is 0 Å². The summed E-state index contributed by atoms with van der Waals surface area (Å²) in [6, 6.07) is 1.75. The molecule has 0 aliphatic carbocycles. The quantitative estimate of drug-likeness (QED) is 0.498. The van der Waals surface area contributed by atoms with Crippen LogP contribution in [0.15, 0.2) is 0 Å². The highest BCUT2D eigenvalue weighted by atomic mass is 35.6. The van der Waals surface area contributed by atoms with Crippen molar-refractivity contribution in [2.24, 2.45) is 0 Å². The predicted molar refractivity (Wildman–Crippen MR) is 24.1 cm³/mol. The van der Waals surface area contributed by atoms with Gasteiger partial charge in [0.15, 0.2) is 0 Å². The molecular formula is C2H3Cl2NO. The van der Waals surface area contributed by atoms with Gasteiger partial charge in [0.05, 0.1) is 29.8 Å². The van der Waals surface area contributed by atoms with E-state index in [4.69, 9.17) is 5.26 Å². The summed E-state index contributed by atoms with van der Waals surface area (Å²) in [7, 11) is 0. The molecular weight excluding hydrogens is 125 g/mol. The van der Waals surface area contributed by atoms with E-state index in [1.807, 2.05) is 0 Å². The fourth-order valence-electron chi connectivity index (χ4n) is 0. The molecule has 0 atom stereocenters. The van der Waals surface area contributed by atoms with Crippen LogP contribution < -0.4 is 0 Å². The van der Waals surface area contributed by atoms with Crippen molar-refractivity contribution in [2.45, 2.75) is 6.92 Å². The van der Waals surface area contributed by atoms with Gasteiger partial charge >= 0.3 is 0 Å². The Morgan fingerprint density at radius 2 is 1.67 bits per heavy atom. The highest BCUT2D eigenvalue weighted by molar-refractivity contribution is 6.24. The maximum Gasteiger partial charge on any atom is 0.0832 e. The Labute approximate surface area is 46.6 Å². The SMILES string of the molecule is CC#N.ClOCl. The van der Waals surface area contributed by atoms with Gasteiger partial charge in [-0.05, 0) is 0 Å². The molecule has 0 aromatic carbocycles. The second kappa shape index (κ2) is 19.8. The maximum absolute atomic E-state index is 7.32. The molecule has 2 nitrogen and oxygen atoms in total. The first-order valence-electron chi connectivity index (χ1n) is 1.03. The average Bonchev–Trinajstić information content (AvgIpc) is 1.39. The van der Waals surface area contributed by atoms with E-state index in [0.29, 0.717) is 0 Å². The third kappa shape index (κ3) is 41100. The van der Waals surface area contributed by atoms with Crippen LogP contribution in [0.25, 0.3) is 0 Å². The molecule has 0 unspecified atom stereocenters. The first-order valence-corrected chi connectivity index (χ1v) is 1.65. The third-order valence-electron chi connectivity index (χ3n) is 0. The van der Waals surface area contributed by atoms with E-state index in [9.17, 15) is 0 Å². The van der Waals surface area contributed by atoms with Crippen LogP contribution in [0.3, 0.4) is 0 Å². The first-order chi connectivity index (χ1) is 2.83. The topological polar surface area (TPSA) is 33.0 Å². The van der Waals surface area contributed by atoms with E-state index in [2.05, 4.69) is 27.6 Å². The molecule has 6 heavy (non-hydrogen) atoms. The molecule has 0 heterocycles. The summed E-state index contributed by atoms with van der Waals surface area (Å²) in [5.41, 5.74) is 0. The molecule has 0 spiro atoms. The average molecular weight is 128 g/mol. The molecule has 0 saturated heterocycles. The molecule has 0 rings (SSSR count). The Balaban J connectivity index is 0. The summed E-state index contributed by atoms with van der Waals surface area (Å²) >= 11 is 8.53. The molecule has 0 N–H and O–H groups in total. The van der Waals surface area contributed by atoms with E-state index in [-0.39, 0.29) is 0 Å². The van der Waals surface area contributed by atoms with Crippen LogP contribution in [0.2, 0.25) is 0 Å². The van der Waals surface area contributed by atoms with E-state index in [1.54, 1.807) is 6.07 Å². The number of halogens is 2. The molecule has 0 aliphatic heterocycles. The van der Waals surface area contributed by atoms with Gasteiger partial charge in [0.25, 0.3) is 0 Å². The van der Waals surface area contributed by atoms with Gasteiger partial charge in [0.2, 0.25) is 0 Å². The molecule has 0 bridgehead atoms. The molecule has 0 radical (unpaired) electrons. The van der Waals surface area contributed by atoms with Crippen LogP contribution in [0.4, 0.5) is 0 Å². The summed E-state index contributed by atoms with van der Waals surface area (Å²) in [6.45, 7) is 1.43. The van der Waals surface area contributed by atoms with Gasteiger partial charge in [-0.25, -0.2) is 0 Å². The van der Waals surface area contributed by atoms with Crippen molar-refractivity contribution < 1.29 is 3.84 Å². The van der Waals surface area contributed by atoms with Crippen molar-refractivity contribution in [2.75, 3.05) is 0 Å². The zero-order valence-electron chi connectivity index (χ0n) is 3.11. The van der Waals surface area contributed by atoms with E-state index >= 15 is 0 Å². The Morgan fingerprint density at radius 1 is 1.67 bits per heavy atom. The summed E-state index contributed by atoms with van der Waals surface area (Å²) in [4.78, 5) is 0. The Bertz CT molecular complexity index is 41.3. The summed E-state index contributed by atoms with van der Waals surface area (Å²) in [6.07, 6.45) is 0. The number of rotatable bonds is 0. The van der Waals surface area contributed by atoms with Crippen LogP contribution in [-0.4, -0.2) is 0 Å². The highest BCUT2D eigenvalue weighted by Crippen LogP contribution is 1.78. The minimum Gasteiger partial charge on any atom is -0.199 e. The monoisotopic (exact) mass is 127 g/mol. The van der Waals surface area contributed by atoms with Gasteiger partial charge in [-0.15, -0.1) is 0 Å². The maximum atomic E-state index is 7.32. The van der Waals surface area contributed by atoms with Crippen molar-refractivity contribution in [3.05, 3.63) is 0 Å². The lowest BCUT2D eigenvalue weighted by molar-refractivity contribution is 0.697. The summed E-state index contributed by atoms with van der Waals surface area (Å²) < 4.78 is 3.19. The molecule has 36 valence electrons. The minimum atomic E-state index is 1.43. The Hall–Kier alpha value is 0.0300. The fourth-order valence-corrected chi connectivity index (χ4v) is 0. The van der Waals surface area contributed by atoms with Crippen molar-refractivity contribution in [1.82, 2.24) is 0 Å². The van der Waals surface area contributed by atoms with E-state index in [0.717, 1.165) is 0 Å². The van der Waals surface area contributed by atoms with Crippen LogP contribution in [0.1, 0.15) is 6.92 Å². The zero-order chi connectivity index (χ0) is 5.41. The molecule has 4 heteroatoms. The van der Waals surface area contributed by atoms with Gasteiger partial charge in [-0.2, -0.15) is 9.10 Å². The van der Waals surface area contributed by atoms with Gasteiger partial charge in [-0.1, -0.05) is 0 Å². The van der Waals surface area contributed by atoms with Crippen LogP contribution in [0.5, 0.6) is 0 Å². The van der Waals surface area contributed by atoms with E-state index < -0.39 is 0 Å². The lowest BCUT2D eigenvalue weighted by Crippen LogP contribution is -1.15. The van der Waals surface area contributed by atoms with Crippen LogP contribution >= 0.6 is 23.7 Å². The molecule has 0 aliphatic rings. The van der Waals surface area contributed by atoms with Crippen LogP contribution in [0, 0.1) is 11.3 Å². The fraction of sp³-hybridized carbons (Fsp3) is 0.500. The number of nitriles is 1. The lowest BCUT2D eigenvalue weighted by Gasteiger charge is -1.46. The van der Waals surface area contributed by atoms with Crippen LogP contribution in [-0.2, 0) is 3.84 Å². The molecule has 0 aromatic rings. The second-order valence-corrected chi connectivity index (χ2v) is 0.748. The first kappa shape index (κ1) is 9.39. The highest BCUT2D eigenvalue weighted by Gasteiger charge is 1.38. The predicted octanol–water partition coefficient (Wildman–Crippen LogP) is 1.84. The third-order valence-corrected chi connectivity index (χ3v) is 0. The van der Waals surface area contributed by atoms with Crippen molar-refractivity contribution >= 4 is 23.7 Å². The van der Waals surface area contributed by atoms with Gasteiger partial charge < -0.3 is 0 Å². The Kier molecular flexibility index (Phi) is 31.0. The molecule has 0 amide bonds. The lowest BCUT2D eigenvalue weighted by atomic mass is 11.0.